The van der Waals surface area contributed by atoms with Gasteiger partial charge in [-0.3, -0.25) is 0 Å². The van der Waals surface area contributed by atoms with Crippen molar-refractivity contribution >= 4 is 29.3 Å². The highest BCUT2D eigenvalue weighted by molar-refractivity contribution is 6.30. The van der Waals surface area contributed by atoms with E-state index in [9.17, 15) is 4.79 Å². The summed E-state index contributed by atoms with van der Waals surface area (Å²) in [5, 5.41) is 9.14. The lowest BCUT2D eigenvalue weighted by atomic mass is 10.0. The minimum atomic E-state index is -0.917. The van der Waals surface area contributed by atoms with Gasteiger partial charge in [0.05, 0.1) is 5.56 Å². The molecular weight excluding hydrogens is 304 g/mol. The van der Waals surface area contributed by atoms with Gasteiger partial charge in [-0.1, -0.05) is 23.7 Å². The van der Waals surface area contributed by atoms with Crippen LogP contribution in [0, 0.1) is 0 Å². The number of nitrogens with two attached hydrogens (primary N) is 2. The van der Waals surface area contributed by atoms with E-state index in [2.05, 4.69) is 9.97 Å². The van der Waals surface area contributed by atoms with Gasteiger partial charge in [0.25, 0.3) is 0 Å². The SMILES string of the molecule is Nc1nc(N)c(CCCCc2ccc(C(=O)O)cc2)c(Cl)n1. The lowest BCUT2D eigenvalue weighted by Crippen LogP contribution is -2.05. The molecule has 22 heavy (non-hydrogen) atoms. The third kappa shape index (κ3) is 4.08. The van der Waals surface area contributed by atoms with Crippen molar-refractivity contribution in [3.63, 3.8) is 0 Å². The van der Waals surface area contributed by atoms with Crippen LogP contribution in [0.1, 0.15) is 34.3 Å². The van der Waals surface area contributed by atoms with Crippen molar-refractivity contribution in [2.45, 2.75) is 25.7 Å². The van der Waals surface area contributed by atoms with E-state index >= 15 is 0 Å². The Bertz CT molecular complexity index is 651. The van der Waals surface area contributed by atoms with Gasteiger partial charge in [0.2, 0.25) is 5.95 Å². The van der Waals surface area contributed by atoms with E-state index in [-0.39, 0.29) is 5.95 Å². The minimum Gasteiger partial charge on any atom is -0.478 e. The number of carboxylic acids is 1. The van der Waals surface area contributed by atoms with Gasteiger partial charge in [-0.15, -0.1) is 0 Å². The fraction of sp³-hybridized carbons (Fsp3) is 0.267. The Morgan fingerprint density at radius 3 is 2.32 bits per heavy atom. The number of aromatic carboxylic acids is 1. The summed E-state index contributed by atoms with van der Waals surface area (Å²) >= 11 is 6.01. The second-order valence-electron chi connectivity index (χ2n) is 4.95. The van der Waals surface area contributed by atoms with Crippen LogP contribution in [-0.4, -0.2) is 21.0 Å². The molecule has 0 bridgehead atoms. The number of aromatic nitrogens is 2. The Hall–Kier alpha value is -2.34. The fourth-order valence-electron chi connectivity index (χ4n) is 2.17. The summed E-state index contributed by atoms with van der Waals surface area (Å²) in [5.41, 5.74) is 13.4. The van der Waals surface area contributed by atoms with E-state index in [0.717, 1.165) is 30.4 Å². The first-order valence-electron chi connectivity index (χ1n) is 6.87. The molecule has 0 saturated heterocycles. The van der Waals surface area contributed by atoms with Crippen molar-refractivity contribution in [2.24, 2.45) is 0 Å². The summed E-state index contributed by atoms with van der Waals surface area (Å²) in [6.07, 6.45) is 3.33. The van der Waals surface area contributed by atoms with Gasteiger partial charge >= 0.3 is 5.97 Å². The largest absolute Gasteiger partial charge is 0.478 e. The normalized spacial score (nSPS) is 10.6. The number of hydrogen-bond acceptors (Lipinski definition) is 5. The number of anilines is 2. The molecule has 7 heteroatoms. The Labute approximate surface area is 133 Å². The number of nitrogen functional groups attached to an aromatic ring is 2. The average Bonchev–Trinajstić information content (AvgIpc) is 2.46. The van der Waals surface area contributed by atoms with Crippen molar-refractivity contribution in [2.75, 3.05) is 11.5 Å². The van der Waals surface area contributed by atoms with E-state index in [1.54, 1.807) is 12.1 Å². The molecule has 5 N–H and O–H groups in total. The Morgan fingerprint density at radius 1 is 1.09 bits per heavy atom. The van der Waals surface area contributed by atoms with E-state index in [1.165, 1.54) is 0 Å². The number of unbranched alkanes of at least 4 members (excludes halogenated alkanes) is 1. The first kappa shape index (κ1) is 16.0. The van der Waals surface area contributed by atoms with E-state index < -0.39 is 5.97 Å². The quantitative estimate of drug-likeness (QED) is 0.556. The lowest BCUT2D eigenvalue weighted by Gasteiger charge is -2.07. The second-order valence-corrected chi connectivity index (χ2v) is 5.30. The monoisotopic (exact) mass is 320 g/mol. The summed E-state index contributed by atoms with van der Waals surface area (Å²) in [4.78, 5) is 18.6. The molecule has 0 amide bonds. The topological polar surface area (TPSA) is 115 Å². The minimum absolute atomic E-state index is 0.0739. The Balaban J connectivity index is 1.86. The second kappa shape index (κ2) is 7.09. The molecule has 1 heterocycles. The number of carbonyl (C=O) groups is 1. The molecule has 116 valence electrons. The first-order chi connectivity index (χ1) is 10.5. The molecule has 6 nitrogen and oxygen atoms in total. The summed E-state index contributed by atoms with van der Waals surface area (Å²) in [6, 6.07) is 6.88. The maximum atomic E-state index is 10.8. The predicted octanol–water partition coefficient (Wildman–Crippen LogP) is 2.56. The van der Waals surface area contributed by atoms with Gasteiger partial charge in [0.15, 0.2) is 0 Å². The summed E-state index contributed by atoms with van der Waals surface area (Å²) in [5.74, 6) is -0.520. The fourth-order valence-corrected chi connectivity index (χ4v) is 2.44. The zero-order valence-electron chi connectivity index (χ0n) is 11.9. The molecule has 0 aliphatic carbocycles. The smallest absolute Gasteiger partial charge is 0.335 e. The highest BCUT2D eigenvalue weighted by atomic mass is 35.5. The number of carboxylic acid groups (broad SMARTS) is 1. The Morgan fingerprint density at radius 2 is 1.73 bits per heavy atom. The van der Waals surface area contributed by atoms with Crippen molar-refractivity contribution in [3.05, 3.63) is 46.1 Å². The molecule has 0 aliphatic heterocycles. The van der Waals surface area contributed by atoms with Crippen molar-refractivity contribution in [3.8, 4) is 0 Å². The zero-order chi connectivity index (χ0) is 16.1. The third-order valence-corrected chi connectivity index (χ3v) is 3.66. The molecule has 0 aliphatic rings. The molecule has 1 aromatic heterocycles. The molecule has 0 unspecified atom stereocenters. The molecule has 1 aromatic carbocycles. The molecule has 0 saturated carbocycles. The van der Waals surface area contributed by atoms with Crippen LogP contribution < -0.4 is 11.5 Å². The van der Waals surface area contributed by atoms with Crippen LogP contribution >= 0.6 is 11.6 Å². The molecule has 0 radical (unpaired) electrons. The summed E-state index contributed by atoms with van der Waals surface area (Å²) in [6.45, 7) is 0. The average molecular weight is 321 g/mol. The molecule has 0 fully saturated rings. The van der Waals surface area contributed by atoms with E-state index in [1.807, 2.05) is 12.1 Å². The van der Waals surface area contributed by atoms with Gasteiger partial charge in [-0.05, 0) is 43.4 Å². The molecule has 2 rings (SSSR count). The van der Waals surface area contributed by atoms with Gasteiger partial charge < -0.3 is 16.6 Å². The van der Waals surface area contributed by atoms with Crippen LogP contribution in [0.15, 0.2) is 24.3 Å². The molecule has 2 aromatic rings. The highest BCUT2D eigenvalue weighted by Crippen LogP contribution is 2.22. The lowest BCUT2D eigenvalue weighted by molar-refractivity contribution is 0.0697. The number of rotatable bonds is 6. The van der Waals surface area contributed by atoms with Crippen LogP contribution in [0.2, 0.25) is 5.15 Å². The maximum Gasteiger partial charge on any atom is 0.335 e. The van der Waals surface area contributed by atoms with Gasteiger partial charge in [-0.25, -0.2) is 9.78 Å². The van der Waals surface area contributed by atoms with Crippen LogP contribution in [0.3, 0.4) is 0 Å². The number of hydrogen-bond donors (Lipinski definition) is 3. The maximum absolute atomic E-state index is 10.8. The molecule has 0 atom stereocenters. The van der Waals surface area contributed by atoms with Gasteiger partial charge in [0.1, 0.15) is 11.0 Å². The molecular formula is C15H17ClN4O2. The van der Waals surface area contributed by atoms with Crippen LogP contribution in [0.5, 0.6) is 0 Å². The predicted molar refractivity (Wildman–Crippen MR) is 85.9 cm³/mol. The van der Waals surface area contributed by atoms with Crippen molar-refractivity contribution in [1.29, 1.82) is 0 Å². The van der Waals surface area contributed by atoms with Gasteiger partial charge in [0, 0.05) is 5.56 Å². The summed E-state index contributed by atoms with van der Waals surface area (Å²) < 4.78 is 0. The highest BCUT2D eigenvalue weighted by Gasteiger charge is 2.09. The zero-order valence-corrected chi connectivity index (χ0v) is 12.7. The number of nitrogens with zero attached hydrogens (tertiary/aromatic N) is 2. The van der Waals surface area contributed by atoms with Gasteiger partial charge in [-0.2, -0.15) is 4.98 Å². The summed E-state index contributed by atoms with van der Waals surface area (Å²) in [7, 11) is 0. The van der Waals surface area contributed by atoms with Crippen LogP contribution in [0.25, 0.3) is 0 Å². The molecule has 0 spiro atoms. The van der Waals surface area contributed by atoms with Crippen LogP contribution in [0.4, 0.5) is 11.8 Å². The Kier molecular flexibility index (Phi) is 5.16. The van der Waals surface area contributed by atoms with Crippen LogP contribution in [-0.2, 0) is 12.8 Å². The third-order valence-electron chi connectivity index (χ3n) is 3.35. The van der Waals surface area contributed by atoms with E-state index in [0.29, 0.717) is 23.0 Å². The number of halogens is 1. The van der Waals surface area contributed by atoms with Crippen molar-refractivity contribution in [1.82, 2.24) is 9.97 Å². The number of benzene rings is 1. The first-order valence-corrected chi connectivity index (χ1v) is 7.24. The number of aryl methyl sites for hydroxylation is 1. The van der Waals surface area contributed by atoms with Crippen molar-refractivity contribution < 1.29 is 9.90 Å². The standard InChI is InChI=1S/C15H17ClN4O2/c16-12-11(13(17)20-15(18)19-12)4-2-1-3-9-5-7-10(8-6-9)14(21)22/h5-8H,1-4H2,(H,21,22)(H4,17,18,19,20). The van der Waals surface area contributed by atoms with E-state index in [4.69, 9.17) is 28.2 Å².